The monoisotopic (exact) mass is 220 g/mol. The molecule has 0 saturated heterocycles. The Morgan fingerprint density at radius 3 is 2.31 bits per heavy atom. The smallest absolute Gasteiger partial charge is 0.0270 e. The number of hydrogen-bond acceptors (Lipinski definition) is 2. The number of hydrogen-bond donors (Lipinski definition) is 1. The third-order valence-electron chi connectivity index (χ3n) is 3.06. The van der Waals surface area contributed by atoms with Gasteiger partial charge in [-0.05, 0) is 43.5 Å². The van der Waals surface area contributed by atoms with Crippen molar-refractivity contribution in [3.8, 4) is 0 Å². The minimum absolute atomic E-state index is 0.516. The van der Waals surface area contributed by atoms with Gasteiger partial charge >= 0.3 is 0 Å². The molecule has 16 heavy (non-hydrogen) atoms. The third-order valence-corrected chi connectivity index (χ3v) is 3.06. The predicted molar refractivity (Wildman–Crippen MR) is 69.6 cm³/mol. The molecule has 0 amide bonds. The summed E-state index contributed by atoms with van der Waals surface area (Å²) in [7, 11) is 0. The summed E-state index contributed by atoms with van der Waals surface area (Å²) in [6.45, 7) is 10.2. The molecule has 2 nitrogen and oxygen atoms in total. The van der Waals surface area contributed by atoms with Crippen molar-refractivity contribution < 1.29 is 0 Å². The molecule has 1 heterocycles. The standard InChI is InChI=1S/C14H24N2/c1-5-8-16-12(4)14(11(2)3)13-6-9-15-10-7-13/h6-7,9-12,14,16H,5,8H2,1-4H3. The summed E-state index contributed by atoms with van der Waals surface area (Å²) in [6.07, 6.45) is 4.96. The second-order valence-corrected chi connectivity index (χ2v) is 4.79. The van der Waals surface area contributed by atoms with E-state index >= 15 is 0 Å². The maximum atomic E-state index is 4.09. The van der Waals surface area contributed by atoms with Gasteiger partial charge in [0.05, 0.1) is 0 Å². The van der Waals surface area contributed by atoms with Crippen molar-refractivity contribution in [2.45, 2.75) is 46.1 Å². The molecular formula is C14H24N2. The van der Waals surface area contributed by atoms with E-state index in [-0.39, 0.29) is 0 Å². The minimum Gasteiger partial charge on any atom is -0.314 e. The lowest BCUT2D eigenvalue weighted by molar-refractivity contribution is 0.377. The summed E-state index contributed by atoms with van der Waals surface area (Å²) in [5.41, 5.74) is 1.39. The minimum atomic E-state index is 0.516. The molecule has 1 aromatic rings. The van der Waals surface area contributed by atoms with Crippen molar-refractivity contribution in [1.82, 2.24) is 10.3 Å². The Bertz CT molecular complexity index is 282. The fourth-order valence-electron chi connectivity index (χ4n) is 2.34. The summed E-state index contributed by atoms with van der Waals surface area (Å²) < 4.78 is 0. The van der Waals surface area contributed by atoms with Crippen LogP contribution >= 0.6 is 0 Å². The molecule has 0 aliphatic heterocycles. The molecule has 0 fully saturated rings. The summed E-state index contributed by atoms with van der Waals surface area (Å²) >= 11 is 0. The molecule has 0 aliphatic rings. The van der Waals surface area contributed by atoms with Crippen LogP contribution in [0.1, 0.15) is 45.6 Å². The Hall–Kier alpha value is -0.890. The van der Waals surface area contributed by atoms with Crippen LogP contribution < -0.4 is 5.32 Å². The summed E-state index contributed by atoms with van der Waals surface area (Å²) in [5.74, 6) is 1.20. The van der Waals surface area contributed by atoms with Gasteiger partial charge in [-0.15, -0.1) is 0 Å². The van der Waals surface area contributed by atoms with Crippen LogP contribution in [0, 0.1) is 5.92 Å². The maximum absolute atomic E-state index is 4.09. The van der Waals surface area contributed by atoms with E-state index in [1.807, 2.05) is 12.4 Å². The zero-order chi connectivity index (χ0) is 12.0. The fourth-order valence-corrected chi connectivity index (χ4v) is 2.34. The molecule has 0 radical (unpaired) electrons. The quantitative estimate of drug-likeness (QED) is 0.796. The molecule has 1 aromatic heterocycles. The second kappa shape index (κ2) is 6.64. The number of aromatic nitrogens is 1. The van der Waals surface area contributed by atoms with Crippen molar-refractivity contribution in [2.24, 2.45) is 5.92 Å². The number of rotatable bonds is 6. The predicted octanol–water partition coefficient (Wildman–Crippen LogP) is 3.21. The third kappa shape index (κ3) is 3.60. The molecule has 0 saturated carbocycles. The highest BCUT2D eigenvalue weighted by molar-refractivity contribution is 5.18. The zero-order valence-electron chi connectivity index (χ0n) is 10.9. The number of nitrogens with zero attached hydrogens (tertiary/aromatic N) is 1. The van der Waals surface area contributed by atoms with E-state index in [4.69, 9.17) is 0 Å². The molecule has 0 aromatic carbocycles. The molecule has 90 valence electrons. The molecule has 0 aliphatic carbocycles. The average molecular weight is 220 g/mol. The summed E-state index contributed by atoms with van der Waals surface area (Å²) in [4.78, 5) is 4.09. The first-order valence-electron chi connectivity index (χ1n) is 6.30. The Morgan fingerprint density at radius 2 is 1.81 bits per heavy atom. The van der Waals surface area contributed by atoms with Gasteiger partial charge in [0.25, 0.3) is 0 Å². The van der Waals surface area contributed by atoms with E-state index in [0.717, 1.165) is 6.54 Å². The van der Waals surface area contributed by atoms with Gasteiger partial charge in [-0.25, -0.2) is 0 Å². The molecule has 1 rings (SSSR count). The van der Waals surface area contributed by atoms with Gasteiger partial charge in [-0.1, -0.05) is 20.8 Å². The maximum Gasteiger partial charge on any atom is 0.0270 e. The van der Waals surface area contributed by atoms with Crippen molar-refractivity contribution in [3.63, 3.8) is 0 Å². The first kappa shape index (κ1) is 13.2. The van der Waals surface area contributed by atoms with Gasteiger partial charge in [0.1, 0.15) is 0 Å². The Morgan fingerprint density at radius 1 is 1.19 bits per heavy atom. The zero-order valence-corrected chi connectivity index (χ0v) is 10.9. The largest absolute Gasteiger partial charge is 0.314 e. The van der Waals surface area contributed by atoms with E-state index in [2.05, 4.69) is 50.1 Å². The van der Waals surface area contributed by atoms with Crippen molar-refractivity contribution in [1.29, 1.82) is 0 Å². The Balaban J connectivity index is 2.75. The van der Waals surface area contributed by atoms with Gasteiger partial charge in [0.2, 0.25) is 0 Å². The summed E-state index contributed by atoms with van der Waals surface area (Å²) in [5, 5.41) is 3.59. The lowest BCUT2D eigenvalue weighted by atomic mass is 9.83. The van der Waals surface area contributed by atoms with E-state index in [9.17, 15) is 0 Å². The van der Waals surface area contributed by atoms with Gasteiger partial charge < -0.3 is 5.32 Å². The van der Waals surface area contributed by atoms with Crippen LogP contribution in [0.4, 0.5) is 0 Å². The first-order chi connectivity index (χ1) is 7.66. The normalized spacial score (nSPS) is 15.1. The Kier molecular flexibility index (Phi) is 5.47. The SMILES string of the molecule is CCCNC(C)C(c1ccncc1)C(C)C. The van der Waals surface area contributed by atoms with Crippen molar-refractivity contribution in [3.05, 3.63) is 30.1 Å². The molecular weight excluding hydrogens is 196 g/mol. The number of nitrogens with one attached hydrogen (secondary N) is 1. The lowest BCUT2D eigenvalue weighted by Gasteiger charge is -2.28. The van der Waals surface area contributed by atoms with E-state index in [0.29, 0.717) is 17.9 Å². The molecule has 0 spiro atoms. The van der Waals surface area contributed by atoms with Crippen molar-refractivity contribution >= 4 is 0 Å². The molecule has 2 heteroatoms. The van der Waals surface area contributed by atoms with Crippen LogP contribution in [0.2, 0.25) is 0 Å². The van der Waals surface area contributed by atoms with Gasteiger partial charge in [-0.2, -0.15) is 0 Å². The van der Waals surface area contributed by atoms with Crippen LogP contribution in [0.25, 0.3) is 0 Å². The van der Waals surface area contributed by atoms with Gasteiger partial charge in [0.15, 0.2) is 0 Å². The van der Waals surface area contributed by atoms with Gasteiger partial charge in [-0.3, -0.25) is 4.98 Å². The molecule has 2 atom stereocenters. The van der Waals surface area contributed by atoms with Crippen LogP contribution in [0.15, 0.2) is 24.5 Å². The van der Waals surface area contributed by atoms with Crippen LogP contribution in [0.5, 0.6) is 0 Å². The van der Waals surface area contributed by atoms with Gasteiger partial charge in [0, 0.05) is 24.4 Å². The fraction of sp³-hybridized carbons (Fsp3) is 0.643. The number of pyridine rings is 1. The summed E-state index contributed by atoms with van der Waals surface area (Å²) in [6, 6.07) is 4.78. The highest BCUT2D eigenvalue weighted by Crippen LogP contribution is 2.27. The van der Waals surface area contributed by atoms with Crippen LogP contribution in [0.3, 0.4) is 0 Å². The van der Waals surface area contributed by atoms with Crippen LogP contribution in [-0.2, 0) is 0 Å². The van der Waals surface area contributed by atoms with Crippen molar-refractivity contribution in [2.75, 3.05) is 6.54 Å². The molecule has 2 unspecified atom stereocenters. The Labute approximate surface area is 99.5 Å². The topological polar surface area (TPSA) is 24.9 Å². The first-order valence-corrected chi connectivity index (χ1v) is 6.30. The van der Waals surface area contributed by atoms with E-state index < -0.39 is 0 Å². The average Bonchev–Trinajstić information content (AvgIpc) is 2.27. The lowest BCUT2D eigenvalue weighted by Crippen LogP contribution is -2.35. The van der Waals surface area contributed by atoms with E-state index in [1.54, 1.807) is 0 Å². The second-order valence-electron chi connectivity index (χ2n) is 4.79. The highest BCUT2D eigenvalue weighted by Gasteiger charge is 2.21. The molecule has 0 bridgehead atoms. The highest BCUT2D eigenvalue weighted by atomic mass is 14.9. The molecule has 1 N–H and O–H groups in total. The van der Waals surface area contributed by atoms with E-state index in [1.165, 1.54) is 12.0 Å². The van der Waals surface area contributed by atoms with Crippen LogP contribution in [-0.4, -0.2) is 17.6 Å².